The van der Waals surface area contributed by atoms with Gasteiger partial charge in [-0.05, 0) is 20.8 Å². The summed E-state index contributed by atoms with van der Waals surface area (Å²) in [7, 11) is 0. The zero-order valence-electron chi connectivity index (χ0n) is 8.59. The molecule has 0 saturated carbocycles. The Bertz CT molecular complexity index is 422. The molecule has 0 unspecified atom stereocenters. The number of aryl methyl sites for hydroxylation is 1. The number of carboxylic acids is 1. The van der Waals surface area contributed by atoms with E-state index in [1.807, 2.05) is 0 Å². The molecule has 1 rings (SSSR count). The number of nitro groups is 1. The van der Waals surface area contributed by atoms with Gasteiger partial charge in [-0.25, -0.2) is 9.48 Å². The van der Waals surface area contributed by atoms with Crippen LogP contribution in [-0.2, 0) is 0 Å². The molecule has 0 fully saturated rings. The summed E-state index contributed by atoms with van der Waals surface area (Å²) < 4.78 is 1.15. The van der Waals surface area contributed by atoms with Gasteiger partial charge in [0.1, 0.15) is 5.69 Å². The fraction of sp³-hybridized carbons (Fsp3) is 0.500. The number of carbonyl (C=O) groups is 1. The number of rotatable bonds is 3. The highest BCUT2D eigenvalue weighted by Gasteiger charge is 2.31. The predicted molar refractivity (Wildman–Crippen MR) is 51.0 cm³/mol. The van der Waals surface area contributed by atoms with Crippen LogP contribution in [0.2, 0.25) is 0 Å². The van der Waals surface area contributed by atoms with Crippen molar-refractivity contribution in [1.82, 2.24) is 9.78 Å². The topological polar surface area (TPSA) is 98.3 Å². The van der Waals surface area contributed by atoms with Gasteiger partial charge >= 0.3 is 11.7 Å². The van der Waals surface area contributed by atoms with Crippen LogP contribution in [0.3, 0.4) is 0 Å². The van der Waals surface area contributed by atoms with Crippen LogP contribution in [0.15, 0.2) is 0 Å². The Kier molecular flexibility index (Phi) is 2.74. The molecule has 0 aliphatic heterocycles. The van der Waals surface area contributed by atoms with Gasteiger partial charge in [-0.1, -0.05) is 0 Å². The van der Waals surface area contributed by atoms with E-state index in [1.54, 1.807) is 13.8 Å². The number of hydrogen-bond donors (Lipinski definition) is 1. The van der Waals surface area contributed by atoms with Crippen LogP contribution in [0.1, 0.15) is 36.1 Å². The van der Waals surface area contributed by atoms with Gasteiger partial charge in [0, 0.05) is 6.04 Å². The molecule has 0 aliphatic carbocycles. The first-order valence-corrected chi connectivity index (χ1v) is 4.33. The summed E-state index contributed by atoms with van der Waals surface area (Å²) in [5, 5.41) is 23.4. The highest BCUT2D eigenvalue weighted by atomic mass is 16.6. The molecule has 0 saturated heterocycles. The first kappa shape index (κ1) is 11.2. The van der Waals surface area contributed by atoms with E-state index in [9.17, 15) is 14.9 Å². The van der Waals surface area contributed by atoms with Gasteiger partial charge in [0.15, 0.2) is 0 Å². The molecule has 0 amide bonds. The molecule has 0 bridgehead atoms. The van der Waals surface area contributed by atoms with E-state index in [4.69, 9.17) is 5.11 Å². The van der Waals surface area contributed by atoms with Gasteiger partial charge in [0.2, 0.25) is 5.69 Å². The van der Waals surface area contributed by atoms with E-state index in [0.29, 0.717) is 0 Å². The molecule has 15 heavy (non-hydrogen) atoms. The zero-order chi connectivity index (χ0) is 11.7. The van der Waals surface area contributed by atoms with Gasteiger partial charge in [0.25, 0.3) is 0 Å². The van der Waals surface area contributed by atoms with Crippen molar-refractivity contribution in [2.24, 2.45) is 0 Å². The lowest BCUT2D eigenvalue weighted by Gasteiger charge is -2.06. The molecular formula is C8H11N3O4. The number of aromatic carboxylic acids is 1. The Morgan fingerprint density at radius 2 is 2.13 bits per heavy atom. The van der Waals surface area contributed by atoms with Crippen LogP contribution in [-0.4, -0.2) is 25.8 Å². The number of aromatic nitrogens is 2. The van der Waals surface area contributed by atoms with Crippen molar-refractivity contribution in [2.45, 2.75) is 26.8 Å². The van der Waals surface area contributed by atoms with E-state index in [-0.39, 0.29) is 17.4 Å². The molecule has 1 N–H and O–H groups in total. The van der Waals surface area contributed by atoms with E-state index >= 15 is 0 Å². The van der Waals surface area contributed by atoms with Crippen LogP contribution in [0.5, 0.6) is 0 Å². The molecule has 82 valence electrons. The highest BCUT2D eigenvalue weighted by Crippen LogP contribution is 2.25. The second-order valence-corrected chi connectivity index (χ2v) is 3.38. The highest BCUT2D eigenvalue weighted by molar-refractivity contribution is 5.91. The molecule has 1 aromatic heterocycles. The van der Waals surface area contributed by atoms with Crippen molar-refractivity contribution in [3.8, 4) is 0 Å². The second-order valence-electron chi connectivity index (χ2n) is 3.38. The van der Waals surface area contributed by atoms with Gasteiger partial charge < -0.3 is 5.11 Å². The minimum absolute atomic E-state index is 0.117. The lowest BCUT2D eigenvalue weighted by molar-refractivity contribution is -0.385. The fourth-order valence-corrected chi connectivity index (χ4v) is 1.33. The minimum atomic E-state index is -1.34. The molecule has 0 atom stereocenters. The lowest BCUT2D eigenvalue weighted by atomic mass is 10.3. The molecular weight excluding hydrogens is 202 g/mol. The van der Waals surface area contributed by atoms with Gasteiger partial charge in [-0.2, -0.15) is 5.10 Å². The fourth-order valence-electron chi connectivity index (χ4n) is 1.33. The average Bonchev–Trinajstić information content (AvgIpc) is 2.42. The Labute approximate surface area is 85.5 Å². The van der Waals surface area contributed by atoms with Crippen molar-refractivity contribution >= 4 is 11.7 Å². The normalized spacial score (nSPS) is 10.7. The van der Waals surface area contributed by atoms with Crippen molar-refractivity contribution in [3.63, 3.8) is 0 Å². The first-order chi connectivity index (χ1) is 6.86. The zero-order valence-corrected chi connectivity index (χ0v) is 8.59. The molecule has 0 aromatic carbocycles. The SMILES string of the molecule is Cc1nn(C(C)C)c(C(=O)O)c1[N+](=O)[O-]. The number of carboxylic acid groups (broad SMARTS) is 1. The van der Waals surface area contributed by atoms with Crippen LogP contribution in [0, 0.1) is 17.0 Å². The summed E-state index contributed by atoms with van der Waals surface area (Å²) in [5.41, 5.74) is -0.685. The molecule has 7 heteroatoms. The third kappa shape index (κ3) is 1.80. The molecule has 0 aliphatic rings. The monoisotopic (exact) mass is 213 g/mol. The van der Waals surface area contributed by atoms with E-state index in [0.717, 1.165) is 4.68 Å². The largest absolute Gasteiger partial charge is 0.476 e. The maximum atomic E-state index is 10.9. The summed E-state index contributed by atoms with van der Waals surface area (Å²) in [6, 6.07) is -0.233. The first-order valence-electron chi connectivity index (χ1n) is 4.33. The molecule has 7 nitrogen and oxygen atoms in total. The van der Waals surface area contributed by atoms with Crippen LogP contribution in [0.25, 0.3) is 0 Å². The quantitative estimate of drug-likeness (QED) is 0.604. The number of hydrogen-bond acceptors (Lipinski definition) is 4. The molecule has 0 radical (unpaired) electrons. The summed E-state index contributed by atoms with van der Waals surface area (Å²) >= 11 is 0. The smallest absolute Gasteiger partial charge is 0.361 e. The van der Waals surface area contributed by atoms with Gasteiger partial charge in [-0.15, -0.1) is 0 Å². The minimum Gasteiger partial charge on any atom is -0.476 e. The Hall–Kier alpha value is -1.92. The molecule has 1 heterocycles. The summed E-state index contributed by atoms with van der Waals surface area (Å²) in [4.78, 5) is 20.9. The standard InChI is InChI=1S/C8H11N3O4/c1-4(2)10-7(8(12)13)6(11(14)15)5(3)9-10/h4H,1-3H3,(H,12,13). The second kappa shape index (κ2) is 3.68. The Morgan fingerprint density at radius 1 is 1.60 bits per heavy atom. The summed E-state index contributed by atoms with van der Waals surface area (Å²) in [6.07, 6.45) is 0. The molecule has 0 spiro atoms. The van der Waals surface area contributed by atoms with E-state index in [1.165, 1.54) is 6.92 Å². The predicted octanol–water partition coefficient (Wildman–Crippen LogP) is 1.38. The third-order valence-electron chi connectivity index (χ3n) is 1.93. The maximum absolute atomic E-state index is 10.9. The summed E-state index contributed by atoms with van der Waals surface area (Å²) in [6.45, 7) is 4.84. The molecule has 1 aromatic rings. The Morgan fingerprint density at radius 3 is 2.47 bits per heavy atom. The van der Waals surface area contributed by atoms with Crippen molar-refractivity contribution in [2.75, 3.05) is 0 Å². The lowest BCUT2D eigenvalue weighted by Crippen LogP contribution is -2.13. The van der Waals surface area contributed by atoms with Crippen molar-refractivity contribution in [3.05, 3.63) is 21.5 Å². The van der Waals surface area contributed by atoms with Gasteiger partial charge in [0.05, 0.1) is 4.92 Å². The number of nitrogens with zero attached hydrogens (tertiary/aromatic N) is 3. The maximum Gasteiger partial charge on any atom is 0.361 e. The summed E-state index contributed by atoms with van der Waals surface area (Å²) in [5.74, 6) is -1.34. The average molecular weight is 213 g/mol. The van der Waals surface area contributed by atoms with Crippen molar-refractivity contribution < 1.29 is 14.8 Å². The van der Waals surface area contributed by atoms with Crippen LogP contribution < -0.4 is 0 Å². The van der Waals surface area contributed by atoms with Crippen LogP contribution >= 0.6 is 0 Å². The Balaban J connectivity index is 3.51. The van der Waals surface area contributed by atoms with E-state index in [2.05, 4.69) is 5.10 Å². The van der Waals surface area contributed by atoms with Crippen molar-refractivity contribution in [1.29, 1.82) is 0 Å². The van der Waals surface area contributed by atoms with E-state index < -0.39 is 16.6 Å². The van der Waals surface area contributed by atoms with Crippen LogP contribution in [0.4, 0.5) is 5.69 Å². The third-order valence-corrected chi connectivity index (χ3v) is 1.93. The van der Waals surface area contributed by atoms with Gasteiger partial charge in [-0.3, -0.25) is 10.1 Å².